The van der Waals surface area contributed by atoms with E-state index in [1.54, 1.807) is 12.1 Å². The number of ether oxygens (including phenoxy) is 1. The summed E-state index contributed by atoms with van der Waals surface area (Å²) in [5.41, 5.74) is 1.95. The number of aromatic nitrogens is 1. The van der Waals surface area contributed by atoms with Gasteiger partial charge in [-0.3, -0.25) is 4.98 Å². The summed E-state index contributed by atoms with van der Waals surface area (Å²) in [6.07, 6.45) is -0.107. The van der Waals surface area contributed by atoms with Crippen molar-refractivity contribution >= 4 is 5.97 Å². The van der Waals surface area contributed by atoms with Crippen LogP contribution in [0.5, 0.6) is 5.75 Å². The molecule has 0 amide bonds. The lowest BCUT2D eigenvalue weighted by Gasteiger charge is -2.23. The number of benzene rings is 1. The van der Waals surface area contributed by atoms with Crippen molar-refractivity contribution < 1.29 is 19.7 Å². The first-order valence-corrected chi connectivity index (χ1v) is 7.01. The van der Waals surface area contributed by atoms with E-state index in [0.29, 0.717) is 24.4 Å². The average molecular weight is 300 g/mol. The van der Waals surface area contributed by atoms with Crippen molar-refractivity contribution in [1.82, 2.24) is 10.3 Å². The molecule has 1 atom stereocenters. The molecule has 1 aromatic heterocycles. The van der Waals surface area contributed by atoms with Crippen LogP contribution < -0.4 is 5.32 Å². The predicted octanol–water partition coefficient (Wildman–Crippen LogP) is 1.81. The normalized spacial score (nSPS) is 18.1. The van der Waals surface area contributed by atoms with Gasteiger partial charge >= 0.3 is 5.97 Å². The third-order valence-corrected chi connectivity index (χ3v) is 3.55. The number of hydrogen-bond donors (Lipinski definition) is 3. The van der Waals surface area contributed by atoms with E-state index in [1.165, 1.54) is 12.1 Å². The van der Waals surface area contributed by atoms with E-state index in [0.717, 1.165) is 12.2 Å². The molecule has 0 aliphatic carbocycles. The second kappa shape index (κ2) is 6.13. The van der Waals surface area contributed by atoms with Crippen molar-refractivity contribution in [1.29, 1.82) is 0 Å². The third-order valence-electron chi connectivity index (χ3n) is 3.55. The zero-order valence-electron chi connectivity index (χ0n) is 11.8. The molecule has 1 aliphatic rings. The summed E-state index contributed by atoms with van der Waals surface area (Å²) < 4.78 is 5.68. The number of carboxylic acids is 1. The van der Waals surface area contributed by atoms with Crippen molar-refractivity contribution in [2.45, 2.75) is 6.10 Å². The Hall–Kier alpha value is -2.44. The van der Waals surface area contributed by atoms with E-state index in [9.17, 15) is 9.90 Å². The predicted molar refractivity (Wildman–Crippen MR) is 79.9 cm³/mol. The van der Waals surface area contributed by atoms with Gasteiger partial charge in [-0.05, 0) is 30.3 Å². The zero-order chi connectivity index (χ0) is 15.5. The maximum atomic E-state index is 11.1. The Morgan fingerprint density at radius 1 is 1.32 bits per heavy atom. The minimum atomic E-state index is -1.17. The van der Waals surface area contributed by atoms with Gasteiger partial charge < -0.3 is 20.3 Å². The van der Waals surface area contributed by atoms with E-state index in [2.05, 4.69) is 10.3 Å². The van der Waals surface area contributed by atoms with Crippen LogP contribution in [0, 0.1) is 0 Å². The Labute approximate surface area is 127 Å². The van der Waals surface area contributed by atoms with E-state index in [1.807, 2.05) is 12.1 Å². The molecule has 0 unspecified atom stereocenters. The lowest BCUT2D eigenvalue weighted by atomic mass is 10.1. The van der Waals surface area contributed by atoms with E-state index >= 15 is 0 Å². The largest absolute Gasteiger partial charge is 0.507 e. The van der Waals surface area contributed by atoms with Crippen molar-refractivity contribution in [3.63, 3.8) is 0 Å². The van der Waals surface area contributed by atoms with Gasteiger partial charge in [-0.1, -0.05) is 6.07 Å². The fourth-order valence-electron chi connectivity index (χ4n) is 2.41. The molecule has 1 aromatic carbocycles. The molecule has 3 rings (SSSR count). The first-order chi connectivity index (χ1) is 10.6. The fraction of sp³-hybridized carbons (Fsp3) is 0.250. The number of pyridine rings is 1. The van der Waals surface area contributed by atoms with Crippen LogP contribution in [0.1, 0.15) is 22.2 Å². The number of aromatic carboxylic acids is 1. The Kier molecular flexibility index (Phi) is 4.04. The van der Waals surface area contributed by atoms with Crippen LogP contribution >= 0.6 is 0 Å². The Morgan fingerprint density at radius 3 is 2.91 bits per heavy atom. The van der Waals surface area contributed by atoms with Gasteiger partial charge in [-0.25, -0.2) is 4.79 Å². The number of phenols is 1. The molecule has 114 valence electrons. The number of morpholine rings is 1. The summed E-state index contributed by atoms with van der Waals surface area (Å²) in [7, 11) is 0. The molecule has 1 fully saturated rings. The smallest absolute Gasteiger partial charge is 0.339 e. The molecule has 2 aromatic rings. The Bertz CT molecular complexity index is 696. The standard InChI is InChI=1S/C16H16N2O4/c19-14-5-4-10(8-11(14)16(20)21)12-2-1-3-13(18-12)15-9-17-6-7-22-15/h1-5,8,15,17,19H,6-7,9H2,(H,20,21)/t15-/m1/s1. The van der Waals surface area contributed by atoms with E-state index < -0.39 is 5.97 Å². The average Bonchev–Trinajstić information content (AvgIpc) is 2.56. The van der Waals surface area contributed by atoms with Crippen LogP contribution in [0.4, 0.5) is 0 Å². The summed E-state index contributed by atoms with van der Waals surface area (Å²) >= 11 is 0. The lowest BCUT2D eigenvalue weighted by Crippen LogP contribution is -2.33. The molecule has 0 spiro atoms. The lowest BCUT2D eigenvalue weighted by molar-refractivity contribution is 0.0251. The maximum Gasteiger partial charge on any atom is 0.339 e. The number of aromatic hydroxyl groups is 1. The number of rotatable bonds is 3. The second-order valence-electron chi connectivity index (χ2n) is 5.05. The number of nitrogens with zero attached hydrogens (tertiary/aromatic N) is 1. The molecule has 1 saturated heterocycles. The first-order valence-electron chi connectivity index (χ1n) is 7.01. The van der Waals surface area contributed by atoms with Crippen molar-refractivity contribution in [2.75, 3.05) is 19.7 Å². The van der Waals surface area contributed by atoms with E-state index in [4.69, 9.17) is 9.84 Å². The van der Waals surface area contributed by atoms with Crippen LogP contribution in [-0.2, 0) is 4.74 Å². The summed E-state index contributed by atoms with van der Waals surface area (Å²) in [4.78, 5) is 15.7. The van der Waals surface area contributed by atoms with Crippen LogP contribution in [-0.4, -0.2) is 40.9 Å². The van der Waals surface area contributed by atoms with Gasteiger partial charge in [0.1, 0.15) is 17.4 Å². The van der Waals surface area contributed by atoms with Gasteiger partial charge in [0.25, 0.3) is 0 Å². The highest BCUT2D eigenvalue weighted by Crippen LogP contribution is 2.26. The first kappa shape index (κ1) is 14.5. The van der Waals surface area contributed by atoms with Gasteiger partial charge in [0.05, 0.1) is 18.0 Å². The summed E-state index contributed by atoms with van der Waals surface area (Å²) in [6.45, 7) is 2.17. The molecule has 6 nitrogen and oxygen atoms in total. The van der Waals surface area contributed by atoms with Gasteiger partial charge in [-0.2, -0.15) is 0 Å². The number of carbonyl (C=O) groups is 1. The minimum Gasteiger partial charge on any atom is -0.507 e. The minimum absolute atomic E-state index is 0.107. The summed E-state index contributed by atoms with van der Waals surface area (Å²) in [6, 6.07) is 9.99. The SMILES string of the molecule is O=C(O)c1cc(-c2cccc([C@H]3CNCCO3)n2)ccc1O. The number of nitrogens with one attached hydrogen (secondary N) is 1. The van der Waals surface area contributed by atoms with Gasteiger partial charge in [0.2, 0.25) is 0 Å². The van der Waals surface area contributed by atoms with Crippen LogP contribution in [0.2, 0.25) is 0 Å². The molecule has 3 N–H and O–H groups in total. The number of hydrogen-bond acceptors (Lipinski definition) is 5. The Balaban J connectivity index is 1.95. The van der Waals surface area contributed by atoms with Crippen LogP contribution in [0.3, 0.4) is 0 Å². The van der Waals surface area contributed by atoms with Crippen LogP contribution in [0.25, 0.3) is 11.3 Å². The highest BCUT2D eigenvalue weighted by Gasteiger charge is 2.18. The fourth-order valence-corrected chi connectivity index (χ4v) is 2.41. The molecule has 22 heavy (non-hydrogen) atoms. The molecular weight excluding hydrogens is 284 g/mol. The molecule has 6 heteroatoms. The van der Waals surface area contributed by atoms with Gasteiger partial charge in [0.15, 0.2) is 0 Å². The Morgan fingerprint density at radius 2 is 2.18 bits per heavy atom. The topological polar surface area (TPSA) is 91.7 Å². The quantitative estimate of drug-likeness (QED) is 0.801. The van der Waals surface area contributed by atoms with Crippen LogP contribution in [0.15, 0.2) is 36.4 Å². The molecule has 2 heterocycles. The van der Waals surface area contributed by atoms with Crippen molar-refractivity contribution in [2.24, 2.45) is 0 Å². The third kappa shape index (κ3) is 2.93. The summed E-state index contributed by atoms with van der Waals surface area (Å²) in [5, 5.41) is 21.9. The molecule has 0 saturated carbocycles. The van der Waals surface area contributed by atoms with Gasteiger partial charge in [-0.15, -0.1) is 0 Å². The highest BCUT2D eigenvalue weighted by atomic mass is 16.5. The second-order valence-corrected chi connectivity index (χ2v) is 5.05. The molecule has 1 aliphatic heterocycles. The van der Waals surface area contributed by atoms with Crippen molar-refractivity contribution in [3.8, 4) is 17.0 Å². The highest BCUT2D eigenvalue weighted by molar-refractivity contribution is 5.92. The van der Waals surface area contributed by atoms with Crippen molar-refractivity contribution in [3.05, 3.63) is 47.7 Å². The maximum absolute atomic E-state index is 11.1. The number of carboxylic acid groups (broad SMARTS) is 1. The molecule has 0 radical (unpaired) electrons. The van der Waals surface area contributed by atoms with E-state index in [-0.39, 0.29) is 17.4 Å². The van der Waals surface area contributed by atoms with Gasteiger partial charge in [0, 0.05) is 18.7 Å². The summed E-state index contributed by atoms with van der Waals surface area (Å²) in [5.74, 6) is -1.43. The zero-order valence-corrected chi connectivity index (χ0v) is 11.8. The monoisotopic (exact) mass is 300 g/mol. The molecular formula is C16H16N2O4. The molecule has 0 bridgehead atoms.